The van der Waals surface area contributed by atoms with Crippen LogP contribution < -0.4 is 10.1 Å². The maximum Gasteiger partial charge on any atom is 0.358 e. The van der Waals surface area contributed by atoms with Crippen LogP contribution in [0.2, 0.25) is 0 Å². The summed E-state index contributed by atoms with van der Waals surface area (Å²) in [7, 11) is 1.56. The van der Waals surface area contributed by atoms with Gasteiger partial charge in [-0.05, 0) is 73.7 Å². The fourth-order valence-electron chi connectivity index (χ4n) is 3.37. The van der Waals surface area contributed by atoms with Gasteiger partial charge in [0.25, 0.3) is 5.91 Å². The minimum absolute atomic E-state index is 0.119. The minimum atomic E-state index is -0.562. The van der Waals surface area contributed by atoms with E-state index in [0.717, 1.165) is 0 Å². The van der Waals surface area contributed by atoms with Crippen molar-refractivity contribution in [2.75, 3.05) is 19.0 Å². The number of anilines is 1. The third-order valence-electron chi connectivity index (χ3n) is 5.03. The molecule has 0 fully saturated rings. The molecule has 0 bridgehead atoms. The lowest BCUT2D eigenvalue weighted by atomic mass is 10.1. The van der Waals surface area contributed by atoms with Crippen LogP contribution in [0.3, 0.4) is 0 Å². The molecule has 3 aromatic carbocycles. The summed E-state index contributed by atoms with van der Waals surface area (Å²) < 4.78 is 25.2. The molecule has 0 saturated heterocycles. The number of nitrogens with one attached hydrogen (secondary N) is 1. The number of halogens is 1. The van der Waals surface area contributed by atoms with E-state index in [2.05, 4.69) is 10.4 Å². The first kappa shape index (κ1) is 22.7. The van der Waals surface area contributed by atoms with Gasteiger partial charge in [0, 0.05) is 16.8 Å². The van der Waals surface area contributed by atoms with Crippen LogP contribution in [-0.2, 0) is 4.74 Å². The van der Waals surface area contributed by atoms with Gasteiger partial charge in [-0.25, -0.2) is 13.9 Å². The standard InChI is InChI=1S/C26H22FN3O4/c1-3-34-26(32)23-16-24(30(29-23)21-11-9-19(27)10-12-21)18-5-4-6-20(15-18)28-25(31)17-7-13-22(33-2)14-8-17/h4-16H,3H2,1-2H3,(H,28,31). The molecule has 1 N–H and O–H groups in total. The Hall–Kier alpha value is -4.46. The van der Waals surface area contributed by atoms with Crippen molar-refractivity contribution in [3.63, 3.8) is 0 Å². The molecule has 1 heterocycles. The number of benzene rings is 3. The molecule has 7 nitrogen and oxygen atoms in total. The van der Waals surface area contributed by atoms with Gasteiger partial charge >= 0.3 is 5.97 Å². The Morgan fingerprint density at radius 2 is 1.74 bits per heavy atom. The van der Waals surface area contributed by atoms with Gasteiger partial charge in [0.2, 0.25) is 0 Å². The maximum absolute atomic E-state index is 13.5. The second-order valence-corrected chi connectivity index (χ2v) is 7.29. The number of carbonyl (C=O) groups excluding carboxylic acids is 2. The zero-order chi connectivity index (χ0) is 24.1. The lowest BCUT2D eigenvalue weighted by Crippen LogP contribution is -2.11. The summed E-state index contributed by atoms with van der Waals surface area (Å²) in [5.74, 6) is -0.566. The number of rotatable bonds is 7. The van der Waals surface area contributed by atoms with Crippen molar-refractivity contribution >= 4 is 17.6 Å². The van der Waals surface area contributed by atoms with E-state index in [-0.39, 0.29) is 24.0 Å². The Morgan fingerprint density at radius 3 is 2.41 bits per heavy atom. The van der Waals surface area contributed by atoms with Crippen LogP contribution in [0.5, 0.6) is 5.75 Å². The highest BCUT2D eigenvalue weighted by Gasteiger charge is 2.18. The molecule has 0 atom stereocenters. The molecule has 4 aromatic rings. The number of aromatic nitrogens is 2. The summed E-state index contributed by atoms with van der Waals surface area (Å²) in [5.41, 5.74) is 3.00. The first-order valence-electron chi connectivity index (χ1n) is 10.6. The summed E-state index contributed by atoms with van der Waals surface area (Å²) in [5, 5.41) is 7.25. The smallest absolute Gasteiger partial charge is 0.358 e. The van der Waals surface area contributed by atoms with Crippen LogP contribution in [-0.4, -0.2) is 35.4 Å². The van der Waals surface area contributed by atoms with E-state index in [0.29, 0.717) is 33.9 Å². The van der Waals surface area contributed by atoms with E-state index in [4.69, 9.17) is 9.47 Å². The van der Waals surface area contributed by atoms with Crippen LogP contribution >= 0.6 is 0 Å². The third kappa shape index (κ3) is 4.96. The summed E-state index contributed by atoms with van der Waals surface area (Å²) in [6.45, 7) is 1.93. The van der Waals surface area contributed by atoms with Gasteiger partial charge in [-0.2, -0.15) is 5.10 Å². The topological polar surface area (TPSA) is 82.5 Å². The van der Waals surface area contributed by atoms with Crippen LogP contribution in [0.15, 0.2) is 78.9 Å². The van der Waals surface area contributed by atoms with E-state index in [1.54, 1.807) is 74.7 Å². The lowest BCUT2D eigenvalue weighted by Gasteiger charge is -2.10. The average molecular weight is 459 g/mol. The first-order valence-corrected chi connectivity index (χ1v) is 10.6. The molecule has 4 rings (SSSR count). The molecular formula is C26H22FN3O4. The molecule has 0 aliphatic carbocycles. The Bertz CT molecular complexity index is 1310. The van der Waals surface area contributed by atoms with Crippen LogP contribution in [0.4, 0.5) is 10.1 Å². The lowest BCUT2D eigenvalue weighted by molar-refractivity contribution is 0.0519. The second-order valence-electron chi connectivity index (χ2n) is 7.29. The highest BCUT2D eigenvalue weighted by molar-refractivity contribution is 6.04. The van der Waals surface area contributed by atoms with Gasteiger partial charge in [-0.3, -0.25) is 4.79 Å². The largest absolute Gasteiger partial charge is 0.497 e. The Morgan fingerprint density at radius 1 is 1.00 bits per heavy atom. The van der Waals surface area contributed by atoms with Gasteiger partial charge in [0.15, 0.2) is 5.69 Å². The molecule has 1 amide bonds. The van der Waals surface area contributed by atoms with Gasteiger partial charge in [0.05, 0.1) is 25.1 Å². The number of carbonyl (C=O) groups is 2. The van der Waals surface area contributed by atoms with E-state index in [1.165, 1.54) is 16.8 Å². The Labute approximate surface area is 195 Å². The summed E-state index contributed by atoms with van der Waals surface area (Å²) >= 11 is 0. The molecule has 0 spiro atoms. The van der Waals surface area contributed by atoms with Crippen molar-refractivity contribution < 1.29 is 23.5 Å². The predicted molar refractivity (Wildman–Crippen MR) is 126 cm³/mol. The molecule has 1 aromatic heterocycles. The van der Waals surface area contributed by atoms with Gasteiger partial charge in [-0.15, -0.1) is 0 Å². The summed E-state index contributed by atoms with van der Waals surface area (Å²) in [6.07, 6.45) is 0. The van der Waals surface area contributed by atoms with E-state index in [1.807, 2.05) is 6.07 Å². The average Bonchev–Trinajstić information content (AvgIpc) is 3.31. The van der Waals surface area contributed by atoms with E-state index in [9.17, 15) is 14.0 Å². The van der Waals surface area contributed by atoms with Gasteiger partial charge in [0.1, 0.15) is 11.6 Å². The zero-order valence-corrected chi connectivity index (χ0v) is 18.6. The molecule has 0 unspecified atom stereocenters. The van der Waals surface area contributed by atoms with E-state index >= 15 is 0 Å². The first-order chi connectivity index (χ1) is 16.5. The number of methoxy groups -OCH3 is 1. The number of amides is 1. The monoisotopic (exact) mass is 459 g/mol. The molecule has 0 radical (unpaired) electrons. The second kappa shape index (κ2) is 9.99. The number of hydrogen-bond donors (Lipinski definition) is 1. The third-order valence-corrected chi connectivity index (χ3v) is 5.03. The van der Waals surface area contributed by atoms with Crippen molar-refractivity contribution in [3.05, 3.63) is 95.9 Å². The fourth-order valence-corrected chi connectivity index (χ4v) is 3.37. The maximum atomic E-state index is 13.5. The molecule has 0 aliphatic heterocycles. The molecule has 0 saturated carbocycles. The SMILES string of the molecule is CCOC(=O)c1cc(-c2cccc(NC(=O)c3ccc(OC)cc3)c2)n(-c2ccc(F)cc2)n1. The quantitative estimate of drug-likeness (QED) is 0.388. The molecule has 34 heavy (non-hydrogen) atoms. The molecule has 172 valence electrons. The summed E-state index contributed by atoms with van der Waals surface area (Å²) in [4.78, 5) is 25.0. The molecule has 0 aliphatic rings. The zero-order valence-electron chi connectivity index (χ0n) is 18.6. The Kier molecular flexibility index (Phi) is 6.68. The normalized spacial score (nSPS) is 10.6. The molecule has 8 heteroatoms. The number of hydrogen-bond acceptors (Lipinski definition) is 5. The van der Waals surface area contributed by atoms with Crippen LogP contribution in [0.1, 0.15) is 27.8 Å². The summed E-state index contributed by atoms with van der Waals surface area (Å²) in [6, 6.07) is 21.3. The number of esters is 1. The van der Waals surface area contributed by atoms with Gasteiger partial charge in [-0.1, -0.05) is 12.1 Å². The van der Waals surface area contributed by atoms with Crippen LogP contribution in [0, 0.1) is 5.82 Å². The number of nitrogens with zero attached hydrogens (tertiary/aromatic N) is 2. The van der Waals surface area contributed by atoms with Crippen molar-refractivity contribution in [3.8, 4) is 22.7 Å². The highest BCUT2D eigenvalue weighted by Crippen LogP contribution is 2.27. The van der Waals surface area contributed by atoms with Crippen molar-refractivity contribution in [1.82, 2.24) is 9.78 Å². The minimum Gasteiger partial charge on any atom is -0.497 e. The van der Waals surface area contributed by atoms with Crippen molar-refractivity contribution in [1.29, 1.82) is 0 Å². The molecular weight excluding hydrogens is 437 g/mol. The fraction of sp³-hybridized carbons (Fsp3) is 0.115. The van der Waals surface area contributed by atoms with E-state index < -0.39 is 5.97 Å². The van der Waals surface area contributed by atoms with Crippen molar-refractivity contribution in [2.24, 2.45) is 0 Å². The number of ether oxygens (including phenoxy) is 2. The Balaban J connectivity index is 1.68. The van der Waals surface area contributed by atoms with Gasteiger partial charge < -0.3 is 14.8 Å². The predicted octanol–water partition coefficient (Wildman–Crippen LogP) is 5.12. The van der Waals surface area contributed by atoms with Crippen LogP contribution in [0.25, 0.3) is 16.9 Å². The van der Waals surface area contributed by atoms with Crippen molar-refractivity contribution in [2.45, 2.75) is 6.92 Å². The highest BCUT2D eigenvalue weighted by atomic mass is 19.1.